The smallest absolute Gasteiger partial charge is 0.141 e. The molecule has 0 amide bonds. The molecule has 0 radical (unpaired) electrons. The van der Waals surface area contributed by atoms with E-state index in [0.717, 1.165) is 39.0 Å². The fourth-order valence-electron chi connectivity index (χ4n) is 9.83. The van der Waals surface area contributed by atoms with Gasteiger partial charge < -0.3 is 9.32 Å². The number of furan rings is 1. The van der Waals surface area contributed by atoms with Crippen molar-refractivity contribution < 1.29 is 4.42 Å². The first kappa shape index (κ1) is 31.8. The Labute approximate surface area is 322 Å². The van der Waals surface area contributed by atoms with Gasteiger partial charge in [-0.3, -0.25) is 0 Å². The van der Waals surface area contributed by atoms with Crippen molar-refractivity contribution in [1.82, 2.24) is 0 Å². The maximum Gasteiger partial charge on any atom is 0.141 e. The minimum Gasteiger partial charge on any atom is -0.456 e. The number of anilines is 3. The SMILES string of the molecule is CC1(C)c2ccccc2-c2ccc(-c3ccc(N(c4ccccc4)c4ccc(C5(C)c6ccccc6-c6ccccc65)c5oc6ccccc6c45)cc3)cc21. The molecule has 1 heterocycles. The van der Waals surface area contributed by atoms with Crippen LogP contribution in [-0.2, 0) is 10.8 Å². The lowest BCUT2D eigenvalue weighted by Gasteiger charge is -2.31. The summed E-state index contributed by atoms with van der Waals surface area (Å²) in [5, 5.41) is 2.22. The van der Waals surface area contributed by atoms with Crippen molar-refractivity contribution in [2.75, 3.05) is 4.90 Å². The standard InChI is InChI=1S/C53H39NO/c1-52(2)43-21-11-7-17-38(43)41-30-27-35(33-47(41)52)34-25-28-37(29-26-34)54(36-15-5-4-6-16-36)48-32-31-46(51-50(48)42-20-10-14-24-49(42)55-51)53(3)44-22-12-8-18-39(44)40-19-9-13-23-45(40)53/h4-33H,1-3H3. The minimum absolute atomic E-state index is 0.0450. The zero-order chi connectivity index (χ0) is 36.9. The zero-order valence-corrected chi connectivity index (χ0v) is 31.2. The molecule has 0 saturated carbocycles. The van der Waals surface area contributed by atoms with Crippen LogP contribution in [-0.4, -0.2) is 0 Å². The quantitative estimate of drug-likeness (QED) is 0.177. The second-order valence-electron chi connectivity index (χ2n) is 15.8. The molecule has 1 aromatic heterocycles. The fraction of sp³-hybridized carbons (Fsp3) is 0.0943. The van der Waals surface area contributed by atoms with E-state index in [1.807, 2.05) is 0 Å². The number of hydrogen-bond donors (Lipinski definition) is 0. The van der Waals surface area contributed by atoms with E-state index >= 15 is 0 Å². The van der Waals surface area contributed by atoms with Gasteiger partial charge in [-0.15, -0.1) is 0 Å². The summed E-state index contributed by atoms with van der Waals surface area (Å²) < 4.78 is 6.98. The molecule has 0 unspecified atom stereocenters. The fourth-order valence-corrected chi connectivity index (χ4v) is 9.83. The maximum atomic E-state index is 6.98. The van der Waals surface area contributed by atoms with Crippen molar-refractivity contribution in [1.29, 1.82) is 0 Å². The van der Waals surface area contributed by atoms with E-state index in [9.17, 15) is 0 Å². The van der Waals surface area contributed by atoms with E-state index < -0.39 is 5.41 Å². The highest BCUT2D eigenvalue weighted by Gasteiger charge is 2.43. The molecule has 9 aromatic rings. The van der Waals surface area contributed by atoms with Crippen LogP contribution < -0.4 is 4.90 Å². The van der Waals surface area contributed by atoms with Crippen LogP contribution in [0.15, 0.2) is 186 Å². The highest BCUT2D eigenvalue weighted by atomic mass is 16.3. The first-order valence-corrected chi connectivity index (χ1v) is 19.3. The largest absolute Gasteiger partial charge is 0.456 e. The van der Waals surface area contributed by atoms with E-state index in [1.165, 1.54) is 61.2 Å². The lowest BCUT2D eigenvalue weighted by molar-refractivity contribution is 0.638. The highest BCUT2D eigenvalue weighted by molar-refractivity contribution is 6.15. The summed E-state index contributed by atoms with van der Waals surface area (Å²) in [5.41, 5.74) is 18.9. The average Bonchev–Trinajstić information content (AvgIpc) is 3.83. The normalized spacial score (nSPS) is 14.4. The Balaban J connectivity index is 1.08. The van der Waals surface area contributed by atoms with E-state index in [0.29, 0.717) is 0 Å². The van der Waals surface area contributed by atoms with Crippen LogP contribution in [0.3, 0.4) is 0 Å². The third kappa shape index (κ3) is 4.49. The summed E-state index contributed by atoms with van der Waals surface area (Å²) in [6.07, 6.45) is 0. The van der Waals surface area contributed by atoms with Gasteiger partial charge in [-0.1, -0.05) is 153 Å². The van der Waals surface area contributed by atoms with Gasteiger partial charge in [0.2, 0.25) is 0 Å². The van der Waals surface area contributed by atoms with Gasteiger partial charge >= 0.3 is 0 Å². The molecule has 0 fully saturated rings. The number of para-hydroxylation sites is 2. The maximum absolute atomic E-state index is 6.98. The number of fused-ring (bicyclic) bond motifs is 9. The number of rotatable bonds is 5. The molecule has 0 aliphatic heterocycles. The third-order valence-electron chi connectivity index (χ3n) is 12.6. The molecule has 0 bridgehead atoms. The predicted molar refractivity (Wildman–Crippen MR) is 229 cm³/mol. The Bertz CT molecular complexity index is 2920. The first-order valence-electron chi connectivity index (χ1n) is 19.3. The molecule has 2 nitrogen and oxygen atoms in total. The molecule has 0 N–H and O–H groups in total. The Morgan fingerprint density at radius 2 is 0.964 bits per heavy atom. The third-order valence-corrected chi connectivity index (χ3v) is 12.6. The van der Waals surface area contributed by atoms with Gasteiger partial charge in [0.15, 0.2) is 0 Å². The van der Waals surface area contributed by atoms with E-state index in [4.69, 9.17) is 4.42 Å². The van der Waals surface area contributed by atoms with Crippen LogP contribution >= 0.6 is 0 Å². The second-order valence-corrected chi connectivity index (χ2v) is 15.8. The van der Waals surface area contributed by atoms with Gasteiger partial charge in [-0.05, 0) is 105 Å². The molecule has 2 heteroatoms. The van der Waals surface area contributed by atoms with Gasteiger partial charge in [0.25, 0.3) is 0 Å². The van der Waals surface area contributed by atoms with Crippen LogP contribution in [0, 0.1) is 0 Å². The Hall–Kier alpha value is -6.64. The molecule has 262 valence electrons. The monoisotopic (exact) mass is 705 g/mol. The molecular formula is C53H39NO. The van der Waals surface area contributed by atoms with Gasteiger partial charge in [0, 0.05) is 33.2 Å². The summed E-state index contributed by atoms with van der Waals surface area (Å²) in [5.74, 6) is 0. The van der Waals surface area contributed by atoms with Crippen LogP contribution in [0.5, 0.6) is 0 Å². The van der Waals surface area contributed by atoms with E-state index in [2.05, 4.69) is 208 Å². The van der Waals surface area contributed by atoms with Crippen molar-refractivity contribution in [3.05, 3.63) is 210 Å². The van der Waals surface area contributed by atoms with Crippen LogP contribution in [0.4, 0.5) is 17.1 Å². The molecular weight excluding hydrogens is 667 g/mol. The van der Waals surface area contributed by atoms with Gasteiger partial charge in [0.1, 0.15) is 11.2 Å². The second kappa shape index (κ2) is 11.7. The average molecular weight is 706 g/mol. The Morgan fingerprint density at radius 3 is 1.67 bits per heavy atom. The number of hydrogen-bond acceptors (Lipinski definition) is 2. The summed E-state index contributed by atoms with van der Waals surface area (Å²) >= 11 is 0. The van der Waals surface area contributed by atoms with Crippen LogP contribution in [0.1, 0.15) is 48.6 Å². The molecule has 11 rings (SSSR count). The molecule has 0 saturated heterocycles. The molecule has 2 aliphatic carbocycles. The zero-order valence-electron chi connectivity index (χ0n) is 31.2. The topological polar surface area (TPSA) is 16.4 Å². The van der Waals surface area contributed by atoms with Gasteiger partial charge in [-0.2, -0.15) is 0 Å². The van der Waals surface area contributed by atoms with Crippen molar-refractivity contribution in [2.45, 2.75) is 31.6 Å². The van der Waals surface area contributed by atoms with Crippen molar-refractivity contribution in [2.24, 2.45) is 0 Å². The summed E-state index contributed by atoms with van der Waals surface area (Å²) in [6.45, 7) is 7.06. The van der Waals surface area contributed by atoms with Crippen LogP contribution in [0.2, 0.25) is 0 Å². The number of nitrogens with zero attached hydrogens (tertiary/aromatic N) is 1. The number of benzene rings is 8. The van der Waals surface area contributed by atoms with Gasteiger partial charge in [-0.25, -0.2) is 0 Å². The minimum atomic E-state index is -0.400. The highest BCUT2D eigenvalue weighted by Crippen LogP contribution is 2.56. The van der Waals surface area contributed by atoms with Crippen molar-refractivity contribution in [3.8, 4) is 33.4 Å². The summed E-state index contributed by atoms with van der Waals surface area (Å²) in [7, 11) is 0. The Morgan fingerprint density at radius 1 is 0.418 bits per heavy atom. The van der Waals surface area contributed by atoms with E-state index in [1.54, 1.807) is 0 Å². The van der Waals surface area contributed by atoms with Gasteiger partial charge in [0.05, 0.1) is 11.1 Å². The predicted octanol–water partition coefficient (Wildman–Crippen LogP) is 14.4. The lowest BCUT2D eigenvalue weighted by Crippen LogP contribution is -2.23. The first-order chi connectivity index (χ1) is 26.9. The molecule has 55 heavy (non-hydrogen) atoms. The van der Waals surface area contributed by atoms with Crippen molar-refractivity contribution in [3.63, 3.8) is 0 Å². The Kier molecular flexibility index (Phi) is 6.76. The summed E-state index contributed by atoms with van der Waals surface area (Å²) in [6, 6.07) is 66.4. The van der Waals surface area contributed by atoms with Crippen molar-refractivity contribution >= 4 is 39.0 Å². The lowest BCUT2D eigenvalue weighted by atomic mass is 9.73. The molecule has 0 spiro atoms. The molecule has 8 aromatic carbocycles. The van der Waals surface area contributed by atoms with E-state index in [-0.39, 0.29) is 5.41 Å². The summed E-state index contributed by atoms with van der Waals surface area (Å²) in [4.78, 5) is 2.39. The molecule has 2 aliphatic rings. The van der Waals surface area contributed by atoms with Crippen LogP contribution in [0.25, 0.3) is 55.3 Å². The molecule has 0 atom stereocenters.